The molecule has 2 aliphatic rings. The van der Waals surface area contributed by atoms with E-state index >= 15 is 0 Å². The Kier molecular flexibility index (Phi) is 5.97. The van der Waals surface area contributed by atoms with Crippen LogP contribution in [0.25, 0.3) is 0 Å². The van der Waals surface area contributed by atoms with Crippen molar-refractivity contribution in [3.8, 4) is 0 Å². The van der Waals surface area contributed by atoms with Crippen molar-refractivity contribution >= 4 is 11.9 Å². The van der Waals surface area contributed by atoms with Crippen molar-refractivity contribution < 1.29 is 24.2 Å². The van der Waals surface area contributed by atoms with Crippen LogP contribution in [-0.2, 0) is 38.3 Å². The molecule has 0 amide bonds. The van der Waals surface area contributed by atoms with E-state index in [2.05, 4.69) is 6.07 Å². The van der Waals surface area contributed by atoms with E-state index in [4.69, 9.17) is 9.47 Å². The Hall–Kier alpha value is -1.88. The second kappa shape index (κ2) is 8.21. The topological polar surface area (TPSA) is 72.8 Å². The summed E-state index contributed by atoms with van der Waals surface area (Å²) in [5, 5.41) is 10.1. The Labute approximate surface area is 154 Å². The zero-order chi connectivity index (χ0) is 18.6. The number of carboxylic acid groups (broad SMARTS) is 1. The normalized spacial score (nSPS) is 21.7. The Morgan fingerprint density at radius 2 is 2.08 bits per heavy atom. The summed E-state index contributed by atoms with van der Waals surface area (Å²) in [6.45, 7) is 2.51. The highest BCUT2D eigenvalue weighted by Crippen LogP contribution is 2.37. The average molecular weight is 360 g/mol. The van der Waals surface area contributed by atoms with E-state index in [9.17, 15) is 14.7 Å². The number of rotatable bonds is 7. The third kappa shape index (κ3) is 3.78. The first-order valence-corrected chi connectivity index (χ1v) is 9.68. The molecule has 0 saturated carbocycles. The predicted octanol–water partition coefficient (Wildman–Crippen LogP) is 3.31. The van der Waals surface area contributed by atoms with Gasteiger partial charge in [0, 0.05) is 13.0 Å². The van der Waals surface area contributed by atoms with Crippen LogP contribution in [0.2, 0.25) is 0 Å². The molecule has 26 heavy (non-hydrogen) atoms. The molecule has 1 aliphatic heterocycles. The van der Waals surface area contributed by atoms with Crippen molar-refractivity contribution in [1.29, 1.82) is 0 Å². The molecule has 1 aliphatic carbocycles. The van der Waals surface area contributed by atoms with Crippen molar-refractivity contribution in [3.63, 3.8) is 0 Å². The zero-order valence-electron chi connectivity index (χ0n) is 15.5. The smallest absolute Gasteiger partial charge is 0.323 e. The van der Waals surface area contributed by atoms with Crippen molar-refractivity contribution in [3.05, 3.63) is 34.9 Å². The molecule has 142 valence electrons. The first kappa shape index (κ1) is 18.9. The Bertz CT molecular complexity index is 662. The fourth-order valence-electron chi connectivity index (χ4n) is 4.29. The van der Waals surface area contributed by atoms with Gasteiger partial charge in [-0.1, -0.05) is 18.2 Å². The van der Waals surface area contributed by atoms with E-state index < -0.39 is 17.4 Å². The minimum atomic E-state index is -1.59. The predicted molar refractivity (Wildman–Crippen MR) is 97.1 cm³/mol. The summed E-state index contributed by atoms with van der Waals surface area (Å²) < 4.78 is 10.9. The zero-order valence-corrected chi connectivity index (χ0v) is 15.5. The van der Waals surface area contributed by atoms with Crippen molar-refractivity contribution in [2.45, 2.75) is 64.4 Å². The quantitative estimate of drug-likeness (QED) is 0.596. The van der Waals surface area contributed by atoms with Crippen molar-refractivity contribution in [1.82, 2.24) is 0 Å². The highest BCUT2D eigenvalue weighted by Gasteiger charge is 2.50. The molecule has 1 fully saturated rings. The number of carbonyl (C=O) groups is 2. The molecule has 2 unspecified atom stereocenters. The summed E-state index contributed by atoms with van der Waals surface area (Å²) in [6.07, 6.45) is 6.08. The van der Waals surface area contributed by atoms with E-state index in [1.807, 2.05) is 12.1 Å². The number of hydrogen-bond acceptors (Lipinski definition) is 4. The highest BCUT2D eigenvalue weighted by atomic mass is 16.5. The molecule has 3 rings (SSSR count). The Balaban J connectivity index is 1.96. The van der Waals surface area contributed by atoms with Crippen LogP contribution >= 0.6 is 0 Å². The highest BCUT2D eigenvalue weighted by molar-refractivity contribution is 5.99. The lowest BCUT2D eigenvalue weighted by atomic mass is 9.74. The summed E-state index contributed by atoms with van der Waals surface area (Å²) in [5.74, 6) is -1.75. The van der Waals surface area contributed by atoms with Gasteiger partial charge in [-0.15, -0.1) is 0 Å². The largest absolute Gasteiger partial charge is 0.480 e. The second-order valence-electron chi connectivity index (χ2n) is 7.39. The maximum atomic E-state index is 12.8. The van der Waals surface area contributed by atoms with Crippen LogP contribution in [0.1, 0.15) is 55.7 Å². The molecule has 1 N–H and O–H groups in total. The molecule has 1 aromatic rings. The average Bonchev–Trinajstić information content (AvgIpc) is 3.14. The van der Waals surface area contributed by atoms with Crippen LogP contribution in [0.4, 0.5) is 0 Å². The number of hydrogen-bond donors (Lipinski definition) is 1. The van der Waals surface area contributed by atoms with Crippen molar-refractivity contribution in [2.24, 2.45) is 5.41 Å². The van der Waals surface area contributed by atoms with Gasteiger partial charge in [0.1, 0.15) is 0 Å². The first-order chi connectivity index (χ1) is 12.6. The third-order valence-electron chi connectivity index (χ3n) is 5.66. The molecule has 5 nitrogen and oxygen atoms in total. The number of aryl methyl sites for hydroxylation is 1. The molecular formula is C21H28O5. The van der Waals surface area contributed by atoms with Crippen LogP contribution in [0.5, 0.6) is 0 Å². The van der Waals surface area contributed by atoms with Gasteiger partial charge < -0.3 is 14.6 Å². The molecule has 0 bridgehead atoms. The molecule has 5 heteroatoms. The van der Waals surface area contributed by atoms with Gasteiger partial charge in [-0.3, -0.25) is 9.59 Å². The molecule has 0 aromatic heterocycles. The van der Waals surface area contributed by atoms with Gasteiger partial charge in [0.15, 0.2) is 5.41 Å². The fourth-order valence-corrected chi connectivity index (χ4v) is 4.29. The van der Waals surface area contributed by atoms with Crippen LogP contribution in [0.15, 0.2) is 18.2 Å². The molecule has 0 spiro atoms. The number of benzene rings is 1. The molecule has 0 radical (unpaired) electrons. The minimum Gasteiger partial charge on any atom is -0.480 e. The monoisotopic (exact) mass is 360 g/mol. The summed E-state index contributed by atoms with van der Waals surface area (Å²) in [6, 6.07) is 6.06. The first-order valence-electron chi connectivity index (χ1n) is 9.68. The lowest BCUT2D eigenvalue weighted by molar-refractivity contribution is -0.171. The fraction of sp³-hybridized carbons (Fsp3) is 0.619. The number of carboxylic acids is 1. The van der Waals surface area contributed by atoms with Gasteiger partial charge in [0.2, 0.25) is 0 Å². The van der Waals surface area contributed by atoms with Gasteiger partial charge in [0.25, 0.3) is 0 Å². The van der Waals surface area contributed by atoms with Gasteiger partial charge in [0.05, 0.1) is 12.7 Å². The van der Waals surface area contributed by atoms with E-state index in [1.54, 1.807) is 6.92 Å². The summed E-state index contributed by atoms with van der Waals surface area (Å²) in [5.41, 5.74) is 1.89. The minimum absolute atomic E-state index is 0.171. The van der Waals surface area contributed by atoms with Crippen LogP contribution in [0, 0.1) is 5.41 Å². The van der Waals surface area contributed by atoms with Crippen LogP contribution in [0.3, 0.4) is 0 Å². The maximum absolute atomic E-state index is 12.8. The lowest BCUT2D eigenvalue weighted by Gasteiger charge is -2.31. The standard InChI is InChI=1S/C21H28O5/c1-2-25-20(24)21(19(22)23,14-17-10-6-12-26-17)13-16-9-5-8-15-7-3-4-11-18(15)16/h5,8-9,17H,2-4,6-7,10-14H2,1H3,(H,22,23). The molecule has 2 atom stereocenters. The number of fused-ring (bicyclic) bond motifs is 1. The Morgan fingerprint density at radius 1 is 1.27 bits per heavy atom. The Morgan fingerprint density at radius 3 is 2.77 bits per heavy atom. The molecule has 1 aromatic carbocycles. The summed E-state index contributed by atoms with van der Waals surface area (Å²) in [4.78, 5) is 25.1. The number of esters is 1. The van der Waals surface area contributed by atoms with Crippen molar-refractivity contribution in [2.75, 3.05) is 13.2 Å². The van der Waals surface area contributed by atoms with Crippen LogP contribution in [-0.4, -0.2) is 36.4 Å². The third-order valence-corrected chi connectivity index (χ3v) is 5.66. The molecule has 1 saturated heterocycles. The molecule has 1 heterocycles. The SMILES string of the molecule is CCOC(=O)C(Cc1cccc2c1CCCC2)(CC1CCCO1)C(=O)O. The van der Waals surface area contributed by atoms with E-state index in [0.717, 1.165) is 44.1 Å². The lowest BCUT2D eigenvalue weighted by Crippen LogP contribution is -2.45. The van der Waals surface area contributed by atoms with E-state index in [0.29, 0.717) is 6.61 Å². The van der Waals surface area contributed by atoms with Gasteiger partial charge in [-0.2, -0.15) is 0 Å². The second-order valence-corrected chi connectivity index (χ2v) is 7.39. The maximum Gasteiger partial charge on any atom is 0.323 e. The number of aliphatic carboxylic acids is 1. The summed E-state index contributed by atoms with van der Waals surface area (Å²) >= 11 is 0. The molecular weight excluding hydrogens is 332 g/mol. The van der Waals surface area contributed by atoms with Gasteiger partial charge >= 0.3 is 11.9 Å². The van der Waals surface area contributed by atoms with Gasteiger partial charge in [-0.05, 0) is 68.6 Å². The summed E-state index contributed by atoms with van der Waals surface area (Å²) in [7, 11) is 0. The van der Waals surface area contributed by atoms with Gasteiger partial charge in [-0.25, -0.2) is 0 Å². The van der Waals surface area contributed by atoms with E-state index in [1.165, 1.54) is 11.1 Å². The van der Waals surface area contributed by atoms with Crippen LogP contribution < -0.4 is 0 Å². The van der Waals surface area contributed by atoms with E-state index in [-0.39, 0.29) is 25.6 Å². The number of ether oxygens (including phenoxy) is 2. The number of carbonyl (C=O) groups excluding carboxylic acids is 1.